The average molecular weight is 265 g/mol. The first-order chi connectivity index (χ1) is 8.19. The second-order valence-electron chi connectivity index (χ2n) is 4.19. The van der Waals surface area contributed by atoms with Crippen LogP contribution in [0, 0.1) is 0 Å². The number of carboxylic acids is 1. The summed E-state index contributed by atoms with van der Waals surface area (Å²) in [4.78, 5) is 11.7. The van der Waals surface area contributed by atoms with E-state index in [0.717, 1.165) is 4.90 Å². The maximum Gasteiger partial charge on any atom is 0.401 e. The van der Waals surface area contributed by atoms with Gasteiger partial charge in [0, 0.05) is 6.04 Å². The van der Waals surface area contributed by atoms with Gasteiger partial charge in [-0.15, -0.1) is 0 Å². The number of furan rings is 1. The lowest BCUT2D eigenvalue weighted by atomic mass is 10.3. The van der Waals surface area contributed by atoms with Gasteiger partial charge in [0.15, 0.2) is 0 Å². The first kappa shape index (κ1) is 14.6. The van der Waals surface area contributed by atoms with E-state index in [1.807, 2.05) is 0 Å². The molecule has 0 bridgehead atoms. The lowest BCUT2D eigenvalue weighted by Crippen LogP contribution is -2.38. The number of hydrogen-bond acceptors (Lipinski definition) is 3. The molecule has 4 nitrogen and oxygen atoms in total. The second-order valence-corrected chi connectivity index (χ2v) is 4.19. The van der Waals surface area contributed by atoms with Crippen molar-refractivity contribution in [3.8, 4) is 0 Å². The first-order valence-electron chi connectivity index (χ1n) is 5.32. The molecule has 1 heterocycles. The molecule has 0 spiro atoms. The van der Waals surface area contributed by atoms with Crippen molar-refractivity contribution in [1.82, 2.24) is 4.90 Å². The predicted octanol–water partition coefficient (Wildman–Crippen LogP) is 2.75. The topological polar surface area (TPSA) is 53.7 Å². The van der Waals surface area contributed by atoms with E-state index < -0.39 is 18.7 Å². The minimum absolute atomic E-state index is 0.0789. The molecule has 0 aliphatic heterocycles. The van der Waals surface area contributed by atoms with Gasteiger partial charge >= 0.3 is 12.1 Å². The van der Waals surface area contributed by atoms with Gasteiger partial charge in [-0.05, 0) is 26.0 Å². The van der Waals surface area contributed by atoms with Crippen molar-refractivity contribution in [3.63, 3.8) is 0 Å². The molecule has 0 amide bonds. The van der Waals surface area contributed by atoms with E-state index in [4.69, 9.17) is 9.52 Å². The number of carboxylic acid groups (broad SMARTS) is 1. The average Bonchev–Trinajstić information content (AvgIpc) is 2.63. The van der Waals surface area contributed by atoms with Crippen LogP contribution in [0.4, 0.5) is 13.2 Å². The van der Waals surface area contributed by atoms with E-state index in [2.05, 4.69) is 0 Å². The SMILES string of the molecule is CC(C)N(Cc1ccc(C(=O)O)o1)CC(F)(F)F. The van der Waals surface area contributed by atoms with Crippen molar-refractivity contribution >= 4 is 5.97 Å². The lowest BCUT2D eigenvalue weighted by Gasteiger charge is -2.26. The van der Waals surface area contributed by atoms with Gasteiger partial charge in [-0.25, -0.2) is 4.79 Å². The summed E-state index contributed by atoms with van der Waals surface area (Å²) in [5.74, 6) is -1.32. The summed E-state index contributed by atoms with van der Waals surface area (Å²) < 4.78 is 41.9. The molecular weight excluding hydrogens is 251 g/mol. The highest BCUT2D eigenvalue weighted by molar-refractivity contribution is 5.84. The van der Waals surface area contributed by atoms with Crippen LogP contribution in [0.5, 0.6) is 0 Å². The Labute approximate surface area is 102 Å². The van der Waals surface area contributed by atoms with Crippen LogP contribution in [0.1, 0.15) is 30.2 Å². The van der Waals surface area contributed by atoms with Gasteiger partial charge in [0.1, 0.15) is 5.76 Å². The molecule has 0 atom stereocenters. The minimum atomic E-state index is -4.30. The van der Waals surface area contributed by atoms with Gasteiger partial charge in [-0.2, -0.15) is 13.2 Å². The second kappa shape index (κ2) is 5.43. The van der Waals surface area contributed by atoms with Gasteiger partial charge in [0.25, 0.3) is 0 Å². The summed E-state index contributed by atoms with van der Waals surface area (Å²) in [7, 11) is 0. The van der Waals surface area contributed by atoms with Crippen LogP contribution in [0.15, 0.2) is 16.5 Å². The summed E-state index contributed by atoms with van der Waals surface area (Å²) in [6, 6.07) is 2.27. The quantitative estimate of drug-likeness (QED) is 0.889. The zero-order valence-electron chi connectivity index (χ0n) is 9.99. The van der Waals surface area contributed by atoms with E-state index in [-0.39, 0.29) is 24.1 Å². The normalized spacial score (nSPS) is 12.4. The smallest absolute Gasteiger partial charge is 0.401 e. The van der Waals surface area contributed by atoms with Gasteiger partial charge in [0.2, 0.25) is 5.76 Å². The fourth-order valence-electron chi connectivity index (χ4n) is 1.43. The fraction of sp³-hybridized carbons (Fsp3) is 0.545. The summed E-state index contributed by atoms with van der Waals surface area (Å²) in [5, 5.41) is 8.64. The van der Waals surface area contributed by atoms with Crippen molar-refractivity contribution in [2.24, 2.45) is 0 Å². The lowest BCUT2D eigenvalue weighted by molar-refractivity contribution is -0.151. The number of hydrogen-bond donors (Lipinski definition) is 1. The highest BCUT2D eigenvalue weighted by Gasteiger charge is 2.32. The molecule has 7 heteroatoms. The third-order valence-electron chi connectivity index (χ3n) is 2.34. The summed E-state index contributed by atoms with van der Waals surface area (Å²) in [6.07, 6.45) is -4.30. The summed E-state index contributed by atoms with van der Waals surface area (Å²) >= 11 is 0. The number of carbonyl (C=O) groups is 1. The Kier molecular flexibility index (Phi) is 4.39. The molecule has 102 valence electrons. The zero-order valence-corrected chi connectivity index (χ0v) is 9.99. The van der Waals surface area contributed by atoms with Crippen LogP contribution in [0.3, 0.4) is 0 Å². The maximum absolute atomic E-state index is 12.3. The number of halogens is 3. The molecular formula is C11H14F3NO3. The molecule has 18 heavy (non-hydrogen) atoms. The van der Waals surface area contributed by atoms with Crippen LogP contribution in [0.2, 0.25) is 0 Å². The predicted molar refractivity (Wildman–Crippen MR) is 57.3 cm³/mol. The van der Waals surface area contributed by atoms with E-state index in [9.17, 15) is 18.0 Å². The van der Waals surface area contributed by atoms with Crippen molar-refractivity contribution < 1.29 is 27.5 Å². The van der Waals surface area contributed by atoms with E-state index in [1.54, 1.807) is 13.8 Å². The fourth-order valence-corrected chi connectivity index (χ4v) is 1.43. The molecule has 0 fully saturated rings. The summed E-state index contributed by atoms with van der Waals surface area (Å²) in [5.41, 5.74) is 0. The van der Waals surface area contributed by atoms with Crippen molar-refractivity contribution in [2.75, 3.05) is 6.54 Å². The van der Waals surface area contributed by atoms with Crippen LogP contribution < -0.4 is 0 Å². The molecule has 0 aliphatic carbocycles. The van der Waals surface area contributed by atoms with Crippen LogP contribution in [0.25, 0.3) is 0 Å². The Balaban J connectivity index is 2.74. The molecule has 0 aliphatic rings. The Bertz CT molecular complexity index is 412. The number of rotatable bonds is 5. The number of aromatic carboxylic acids is 1. The molecule has 0 unspecified atom stereocenters. The minimum Gasteiger partial charge on any atom is -0.475 e. The monoisotopic (exact) mass is 265 g/mol. The van der Waals surface area contributed by atoms with E-state index in [1.165, 1.54) is 12.1 Å². The van der Waals surface area contributed by atoms with Crippen molar-refractivity contribution in [2.45, 2.75) is 32.6 Å². The molecule has 1 aromatic rings. The van der Waals surface area contributed by atoms with Crippen LogP contribution in [-0.2, 0) is 6.54 Å². The first-order valence-corrected chi connectivity index (χ1v) is 5.32. The van der Waals surface area contributed by atoms with Crippen LogP contribution in [-0.4, -0.2) is 34.7 Å². The largest absolute Gasteiger partial charge is 0.475 e. The maximum atomic E-state index is 12.3. The van der Waals surface area contributed by atoms with Crippen molar-refractivity contribution in [3.05, 3.63) is 23.7 Å². The molecule has 0 radical (unpaired) electrons. The zero-order chi connectivity index (χ0) is 13.9. The van der Waals surface area contributed by atoms with Crippen LogP contribution >= 0.6 is 0 Å². The molecule has 0 aromatic carbocycles. The van der Waals surface area contributed by atoms with E-state index >= 15 is 0 Å². The molecule has 1 aromatic heterocycles. The number of alkyl halides is 3. The summed E-state index contributed by atoms with van der Waals surface area (Å²) in [6.45, 7) is 2.12. The Morgan fingerprint density at radius 2 is 2.06 bits per heavy atom. The standard InChI is InChI=1S/C11H14F3NO3/c1-7(2)15(6-11(12,13)14)5-8-3-4-9(18-8)10(16)17/h3-4,7H,5-6H2,1-2H3,(H,16,17). The highest BCUT2D eigenvalue weighted by atomic mass is 19.4. The number of nitrogens with zero attached hydrogens (tertiary/aromatic N) is 1. The highest BCUT2D eigenvalue weighted by Crippen LogP contribution is 2.20. The molecule has 1 rings (SSSR count). The Morgan fingerprint density at radius 3 is 2.44 bits per heavy atom. The van der Waals surface area contributed by atoms with Gasteiger partial charge < -0.3 is 9.52 Å². The third-order valence-corrected chi connectivity index (χ3v) is 2.34. The van der Waals surface area contributed by atoms with Crippen molar-refractivity contribution in [1.29, 1.82) is 0 Å². The van der Waals surface area contributed by atoms with E-state index in [0.29, 0.717) is 0 Å². The van der Waals surface area contributed by atoms with Gasteiger partial charge in [-0.3, -0.25) is 4.90 Å². The molecule has 1 N–H and O–H groups in total. The van der Waals surface area contributed by atoms with Gasteiger partial charge in [-0.1, -0.05) is 0 Å². The Morgan fingerprint density at radius 1 is 1.44 bits per heavy atom. The molecule has 0 saturated heterocycles. The van der Waals surface area contributed by atoms with Gasteiger partial charge in [0.05, 0.1) is 13.1 Å². The Hall–Kier alpha value is -1.50. The molecule has 0 saturated carbocycles. The third kappa shape index (κ3) is 4.40.